The Hall–Kier alpha value is -2.86. The minimum Gasteiger partial charge on any atom is -0.443 e. The highest BCUT2D eigenvalue weighted by Crippen LogP contribution is 2.24. The third kappa shape index (κ3) is 6.11. The number of unbranched alkanes of at least 4 members (excludes halogenated alkanes) is 1. The summed E-state index contributed by atoms with van der Waals surface area (Å²) in [4.78, 5) is 13.0. The van der Waals surface area contributed by atoms with Gasteiger partial charge in [-0.3, -0.25) is 0 Å². The molecule has 2 aromatic carbocycles. The molecule has 140 valence electrons. The number of nitrogens with zero attached hydrogens (tertiary/aromatic N) is 1. The lowest BCUT2D eigenvalue weighted by atomic mass is 9.94. The Balaban J connectivity index is 2.28. The van der Waals surface area contributed by atoms with Crippen LogP contribution in [-0.2, 0) is 9.53 Å². The number of benzene rings is 2. The normalized spacial score (nSPS) is 13.4. The van der Waals surface area contributed by atoms with Gasteiger partial charge < -0.3 is 4.74 Å². The van der Waals surface area contributed by atoms with Gasteiger partial charge in [-0.25, -0.2) is 4.79 Å². The van der Waals surface area contributed by atoms with Crippen molar-refractivity contribution in [2.24, 2.45) is 5.92 Å². The molecule has 0 aromatic heterocycles. The van der Waals surface area contributed by atoms with Crippen molar-refractivity contribution in [1.82, 2.24) is 0 Å². The highest BCUT2D eigenvalue weighted by molar-refractivity contribution is 6.21. The first-order valence-corrected chi connectivity index (χ1v) is 9.62. The van der Waals surface area contributed by atoms with Gasteiger partial charge in [-0.1, -0.05) is 87.4 Å². The standard InChI is InChI=1S/C24H27NO2/c1-3-5-14-20(4-2)23(18-25)27-24(26)22(21-15-10-7-11-16-21)17-19-12-8-6-9-13-19/h6-13,15-17,20,23H,3-5,14H2,1-2H3. The maximum absolute atomic E-state index is 13.0. The monoisotopic (exact) mass is 361 g/mol. The number of carbonyl (C=O) groups is 1. The second-order valence-corrected chi connectivity index (χ2v) is 6.60. The summed E-state index contributed by atoms with van der Waals surface area (Å²) in [5.41, 5.74) is 2.16. The zero-order valence-electron chi connectivity index (χ0n) is 16.1. The van der Waals surface area contributed by atoms with E-state index in [9.17, 15) is 10.1 Å². The van der Waals surface area contributed by atoms with E-state index in [2.05, 4.69) is 13.0 Å². The molecular formula is C24H27NO2. The Morgan fingerprint density at radius 3 is 2.26 bits per heavy atom. The summed E-state index contributed by atoms with van der Waals surface area (Å²) in [5, 5.41) is 9.57. The molecule has 3 nitrogen and oxygen atoms in total. The molecule has 2 unspecified atom stereocenters. The molecule has 0 spiro atoms. The summed E-state index contributed by atoms with van der Waals surface area (Å²) in [6.07, 6.45) is 4.89. The van der Waals surface area contributed by atoms with Crippen LogP contribution in [0.2, 0.25) is 0 Å². The van der Waals surface area contributed by atoms with Crippen molar-refractivity contribution in [1.29, 1.82) is 5.26 Å². The third-order valence-electron chi connectivity index (χ3n) is 4.66. The van der Waals surface area contributed by atoms with E-state index < -0.39 is 12.1 Å². The summed E-state index contributed by atoms with van der Waals surface area (Å²) < 4.78 is 5.67. The van der Waals surface area contributed by atoms with Gasteiger partial charge in [-0.2, -0.15) is 5.26 Å². The van der Waals surface area contributed by atoms with Crippen LogP contribution in [-0.4, -0.2) is 12.1 Å². The minimum absolute atomic E-state index is 0.0626. The molecule has 0 aliphatic heterocycles. The van der Waals surface area contributed by atoms with Crippen LogP contribution in [0.25, 0.3) is 11.6 Å². The molecule has 0 heterocycles. The first kappa shape index (κ1) is 20.5. The Morgan fingerprint density at radius 2 is 1.70 bits per heavy atom. The van der Waals surface area contributed by atoms with Crippen molar-refractivity contribution in [3.05, 3.63) is 71.8 Å². The number of ether oxygens (including phenoxy) is 1. The molecule has 2 aromatic rings. The molecule has 0 bridgehead atoms. The number of rotatable bonds is 9. The molecule has 0 saturated heterocycles. The maximum Gasteiger partial charge on any atom is 0.340 e. The number of hydrogen-bond donors (Lipinski definition) is 0. The Kier molecular flexibility index (Phi) is 8.32. The fourth-order valence-electron chi connectivity index (χ4n) is 3.04. The quantitative estimate of drug-likeness (QED) is 0.318. The fraction of sp³-hybridized carbons (Fsp3) is 0.333. The summed E-state index contributed by atoms with van der Waals surface area (Å²) >= 11 is 0. The lowest BCUT2D eigenvalue weighted by Gasteiger charge is -2.21. The van der Waals surface area contributed by atoms with Crippen molar-refractivity contribution in [3.63, 3.8) is 0 Å². The number of hydrogen-bond acceptors (Lipinski definition) is 3. The molecule has 0 amide bonds. The van der Waals surface area contributed by atoms with Crippen LogP contribution in [0.1, 0.15) is 50.7 Å². The first-order chi connectivity index (χ1) is 13.2. The molecule has 0 radical (unpaired) electrons. The van der Waals surface area contributed by atoms with Crippen LogP contribution in [0.3, 0.4) is 0 Å². The van der Waals surface area contributed by atoms with Gasteiger partial charge in [0, 0.05) is 5.92 Å². The molecule has 3 heteroatoms. The van der Waals surface area contributed by atoms with Gasteiger partial charge in [0.25, 0.3) is 0 Å². The first-order valence-electron chi connectivity index (χ1n) is 9.62. The van der Waals surface area contributed by atoms with Crippen LogP contribution in [0, 0.1) is 17.2 Å². The molecular weight excluding hydrogens is 334 g/mol. The Bertz CT molecular complexity index is 775. The van der Waals surface area contributed by atoms with Gasteiger partial charge in [-0.15, -0.1) is 0 Å². The van der Waals surface area contributed by atoms with E-state index in [0.717, 1.165) is 36.8 Å². The molecule has 0 fully saturated rings. The SMILES string of the molecule is CCCCC(CC)C(C#N)OC(=O)C(=Cc1ccccc1)c1ccccc1. The predicted octanol–water partition coefficient (Wildman–Crippen LogP) is 5.88. The topological polar surface area (TPSA) is 50.1 Å². The summed E-state index contributed by atoms with van der Waals surface area (Å²) in [6.45, 7) is 4.16. The zero-order valence-corrected chi connectivity index (χ0v) is 16.1. The van der Waals surface area contributed by atoms with E-state index >= 15 is 0 Å². The van der Waals surface area contributed by atoms with Gasteiger partial charge in [0.05, 0.1) is 5.57 Å². The van der Waals surface area contributed by atoms with Crippen molar-refractivity contribution >= 4 is 17.6 Å². The Labute approximate surface area is 162 Å². The molecule has 27 heavy (non-hydrogen) atoms. The number of carbonyl (C=O) groups excluding carboxylic acids is 1. The molecule has 2 atom stereocenters. The molecule has 0 saturated carbocycles. The van der Waals surface area contributed by atoms with Gasteiger partial charge in [-0.05, 0) is 30.0 Å². The van der Waals surface area contributed by atoms with E-state index in [-0.39, 0.29) is 5.92 Å². The van der Waals surface area contributed by atoms with Crippen molar-refractivity contribution in [3.8, 4) is 6.07 Å². The van der Waals surface area contributed by atoms with Gasteiger partial charge in [0.1, 0.15) is 6.07 Å². The third-order valence-corrected chi connectivity index (χ3v) is 4.66. The second-order valence-electron chi connectivity index (χ2n) is 6.60. The highest BCUT2D eigenvalue weighted by atomic mass is 16.5. The van der Waals surface area contributed by atoms with E-state index in [4.69, 9.17) is 4.74 Å². The van der Waals surface area contributed by atoms with Crippen LogP contribution in [0.15, 0.2) is 60.7 Å². The average molecular weight is 361 g/mol. The molecule has 0 aliphatic carbocycles. The van der Waals surface area contributed by atoms with Gasteiger partial charge in [0.15, 0.2) is 6.10 Å². The van der Waals surface area contributed by atoms with Gasteiger partial charge in [0.2, 0.25) is 0 Å². The van der Waals surface area contributed by atoms with Crippen LogP contribution < -0.4 is 0 Å². The van der Waals surface area contributed by atoms with Gasteiger partial charge >= 0.3 is 5.97 Å². The highest BCUT2D eigenvalue weighted by Gasteiger charge is 2.25. The van der Waals surface area contributed by atoms with Crippen molar-refractivity contribution < 1.29 is 9.53 Å². The average Bonchev–Trinajstić information content (AvgIpc) is 2.72. The van der Waals surface area contributed by atoms with Crippen LogP contribution in [0.5, 0.6) is 0 Å². The summed E-state index contributed by atoms with van der Waals surface area (Å²) in [7, 11) is 0. The van der Waals surface area contributed by atoms with E-state index in [0.29, 0.717) is 5.57 Å². The predicted molar refractivity (Wildman–Crippen MR) is 110 cm³/mol. The van der Waals surface area contributed by atoms with E-state index in [1.807, 2.05) is 73.7 Å². The minimum atomic E-state index is -0.725. The number of nitriles is 1. The largest absolute Gasteiger partial charge is 0.443 e. The van der Waals surface area contributed by atoms with Crippen molar-refractivity contribution in [2.75, 3.05) is 0 Å². The molecule has 0 aliphatic rings. The smallest absolute Gasteiger partial charge is 0.340 e. The van der Waals surface area contributed by atoms with Crippen LogP contribution >= 0.6 is 0 Å². The summed E-state index contributed by atoms with van der Waals surface area (Å²) in [6, 6.07) is 21.3. The molecule has 2 rings (SSSR count). The fourth-order valence-corrected chi connectivity index (χ4v) is 3.04. The maximum atomic E-state index is 13.0. The molecule has 0 N–H and O–H groups in total. The van der Waals surface area contributed by atoms with E-state index in [1.165, 1.54) is 0 Å². The van der Waals surface area contributed by atoms with E-state index in [1.54, 1.807) is 0 Å². The van der Waals surface area contributed by atoms with Crippen molar-refractivity contribution in [2.45, 2.75) is 45.6 Å². The van der Waals surface area contributed by atoms with Crippen LogP contribution in [0.4, 0.5) is 0 Å². The summed E-state index contributed by atoms with van der Waals surface area (Å²) in [5.74, 6) is -0.390. The number of esters is 1. The Morgan fingerprint density at radius 1 is 1.07 bits per heavy atom. The lowest BCUT2D eigenvalue weighted by molar-refractivity contribution is -0.141. The second kappa shape index (κ2) is 11.0. The lowest BCUT2D eigenvalue weighted by Crippen LogP contribution is -2.26. The zero-order chi connectivity index (χ0) is 19.5.